The van der Waals surface area contributed by atoms with Crippen molar-refractivity contribution >= 4 is 21.1 Å². The molecule has 0 amide bonds. The Kier molecular flexibility index (Phi) is 5.08. The highest BCUT2D eigenvalue weighted by molar-refractivity contribution is 7.89. The third-order valence-electron chi connectivity index (χ3n) is 6.32. The Morgan fingerprint density at radius 1 is 1.20 bits per heavy atom. The van der Waals surface area contributed by atoms with Crippen LogP contribution in [0.1, 0.15) is 35.7 Å². The summed E-state index contributed by atoms with van der Waals surface area (Å²) in [5, 5.41) is 0. The molecule has 8 heteroatoms. The van der Waals surface area contributed by atoms with Gasteiger partial charge in [0.25, 0.3) is 0 Å². The molecule has 1 fully saturated rings. The van der Waals surface area contributed by atoms with Crippen LogP contribution in [0.3, 0.4) is 0 Å². The number of benzene rings is 1. The average Bonchev–Trinajstić information content (AvgIpc) is 3.49. The smallest absolute Gasteiger partial charge is 0.243 e. The summed E-state index contributed by atoms with van der Waals surface area (Å²) in [6.45, 7) is 2.19. The zero-order chi connectivity index (χ0) is 20.7. The molecule has 2 aliphatic rings. The molecule has 30 heavy (non-hydrogen) atoms. The van der Waals surface area contributed by atoms with E-state index in [1.54, 1.807) is 23.7 Å². The Morgan fingerprint density at radius 3 is 2.93 bits per heavy atom. The van der Waals surface area contributed by atoms with Crippen molar-refractivity contribution in [2.45, 2.75) is 43.0 Å². The van der Waals surface area contributed by atoms with Crippen molar-refractivity contribution in [1.82, 2.24) is 18.8 Å². The monoisotopic (exact) mass is 426 g/mol. The molecule has 3 heterocycles. The van der Waals surface area contributed by atoms with Crippen LogP contribution in [0.2, 0.25) is 0 Å². The molecule has 0 N–H and O–H groups in total. The van der Waals surface area contributed by atoms with Crippen LogP contribution < -0.4 is 0 Å². The summed E-state index contributed by atoms with van der Waals surface area (Å²) in [6.07, 6.45) is 7.44. The fourth-order valence-corrected chi connectivity index (χ4v) is 6.28. The molecular weight excluding hydrogens is 400 g/mol. The average molecular weight is 427 g/mol. The minimum atomic E-state index is -3.50. The first kappa shape index (κ1) is 19.7. The Bertz CT molecular complexity index is 1190. The summed E-state index contributed by atoms with van der Waals surface area (Å²) in [7, 11) is -1.82. The molecular formula is C22H26N4O3S. The number of hydrogen-bond acceptors (Lipinski definition) is 5. The van der Waals surface area contributed by atoms with Crippen LogP contribution in [-0.4, -0.2) is 54.1 Å². The van der Waals surface area contributed by atoms with Gasteiger partial charge in [-0.15, -0.1) is 0 Å². The van der Waals surface area contributed by atoms with E-state index in [4.69, 9.17) is 9.72 Å². The zero-order valence-corrected chi connectivity index (χ0v) is 17.9. The molecule has 2 aromatic heterocycles. The number of pyridine rings is 1. The fraction of sp³-hybridized carbons (Fsp3) is 0.455. The van der Waals surface area contributed by atoms with Gasteiger partial charge in [0.1, 0.15) is 5.82 Å². The highest BCUT2D eigenvalue weighted by Gasteiger charge is 2.36. The van der Waals surface area contributed by atoms with Gasteiger partial charge in [0.15, 0.2) is 0 Å². The number of aryl methyl sites for hydroxylation is 2. The lowest BCUT2D eigenvalue weighted by Crippen LogP contribution is -2.29. The summed E-state index contributed by atoms with van der Waals surface area (Å²) in [6, 6.07) is 7.53. The second kappa shape index (κ2) is 7.76. The quantitative estimate of drug-likeness (QED) is 0.606. The van der Waals surface area contributed by atoms with Crippen LogP contribution in [0.4, 0.5) is 0 Å². The van der Waals surface area contributed by atoms with Crippen molar-refractivity contribution in [3.63, 3.8) is 0 Å². The third kappa shape index (κ3) is 3.33. The molecule has 0 bridgehead atoms. The molecule has 1 aliphatic heterocycles. The van der Waals surface area contributed by atoms with E-state index in [1.807, 2.05) is 24.4 Å². The Morgan fingerprint density at radius 2 is 2.07 bits per heavy atom. The number of fused-ring (bicyclic) bond motifs is 2. The number of rotatable bonds is 6. The van der Waals surface area contributed by atoms with Crippen molar-refractivity contribution in [1.29, 1.82) is 0 Å². The molecule has 0 unspecified atom stereocenters. The van der Waals surface area contributed by atoms with Crippen molar-refractivity contribution < 1.29 is 13.2 Å². The molecule has 1 atom stereocenters. The van der Waals surface area contributed by atoms with Gasteiger partial charge in [0.05, 0.1) is 28.7 Å². The molecule has 1 saturated heterocycles. The lowest BCUT2D eigenvalue weighted by molar-refractivity contribution is 0.187. The molecule has 5 rings (SSSR count). The van der Waals surface area contributed by atoms with E-state index in [2.05, 4.69) is 9.55 Å². The number of ether oxygens (including phenoxy) is 1. The lowest BCUT2D eigenvalue weighted by Gasteiger charge is -2.18. The van der Waals surface area contributed by atoms with Gasteiger partial charge in [-0.1, -0.05) is 6.07 Å². The van der Waals surface area contributed by atoms with Gasteiger partial charge in [0.2, 0.25) is 10.0 Å². The first-order valence-electron chi connectivity index (χ1n) is 10.5. The molecule has 1 aliphatic carbocycles. The number of hydrogen-bond donors (Lipinski definition) is 0. The molecule has 0 spiro atoms. The number of methoxy groups -OCH3 is 1. The number of imidazole rings is 1. The van der Waals surface area contributed by atoms with E-state index in [1.165, 1.54) is 11.1 Å². The number of nitrogens with zero attached hydrogens (tertiary/aromatic N) is 4. The Labute approximate surface area is 176 Å². The van der Waals surface area contributed by atoms with Crippen LogP contribution in [0, 0.1) is 0 Å². The second-order valence-corrected chi connectivity index (χ2v) is 10.0. The summed E-state index contributed by atoms with van der Waals surface area (Å²) >= 11 is 0. The van der Waals surface area contributed by atoms with Crippen LogP contribution in [0.25, 0.3) is 11.0 Å². The van der Waals surface area contributed by atoms with Gasteiger partial charge >= 0.3 is 0 Å². The standard InChI is InChI=1S/C22H26N4O3S/c1-29-12-11-26-21-14-23-9-7-20(21)24-22(26)18-8-10-25(15-18)30(27,28)19-6-5-16-3-2-4-17(16)13-19/h5-7,9,13-14,18H,2-4,8,10-12,15H2,1H3/t18-/m0/s1. The molecule has 158 valence electrons. The first-order valence-corrected chi connectivity index (χ1v) is 11.9. The van der Waals surface area contributed by atoms with E-state index in [0.29, 0.717) is 31.1 Å². The predicted octanol–water partition coefficient (Wildman–Crippen LogP) is 2.74. The second-order valence-electron chi connectivity index (χ2n) is 8.11. The van der Waals surface area contributed by atoms with Gasteiger partial charge in [-0.05, 0) is 55.0 Å². The number of aromatic nitrogens is 3. The first-order chi connectivity index (χ1) is 14.6. The highest BCUT2D eigenvalue weighted by Crippen LogP contribution is 2.33. The fourth-order valence-electron chi connectivity index (χ4n) is 4.73. The van der Waals surface area contributed by atoms with E-state index in [0.717, 1.165) is 42.5 Å². The molecule has 7 nitrogen and oxygen atoms in total. The zero-order valence-electron chi connectivity index (χ0n) is 17.1. The van der Waals surface area contributed by atoms with Crippen molar-refractivity contribution in [3.8, 4) is 0 Å². The van der Waals surface area contributed by atoms with Crippen molar-refractivity contribution in [3.05, 3.63) is 53.6 Å². The normalized spacial score (nSPS) is 19.6. The summed E-state index contributed by atoms with van der Waals surface area (Å²) in [4.78, 5) is 9.48. The number of sulfonamides is 1. The summed E-state index contributed by atoms with van der Waals surface area (Å²) in [5.41, 5.74) is 4.31. The van der Waals surface area contributed by atoms with Gasteiger partial charge in [-0.25, -0.2) is 13.4 Å². The van der Waals surface area contributed by atoms with E-state index >= 15 is 0 Å². The summed E-state index contributed by atoms with van der Waals surface area (Å²) < 4.78 is 35.6. The van der Waals surface area contributed by atoms with Crippen LogP contribution >= 0.6 is 0 Å². The van der Waals surface area contributed by atoms with Gasteiger partial charge in [-0.2, -0.15) is 4.31 Å². The Balaban J connectivity index is 1.43. The van der Waals surface area contributed by atoms with E-state index in [9.17, 15) is 8.42 Å². The van der Waals surface area contributed by atoms with E-state index in [-0.39, 0.29) is 5.92 Å². The van der Waals surface area contributed by atoms with Crippen LogP contribution in [0.5, 0.6) is 0 Å². The van der Waals surface area contributed by atoms with Crippen molar-refractivity contribution in [2.75, 3.05) is 26.8 Å². The Hall–Kier alpha value is -2.29. The maximum atomic E-state index is 13.3. The van der Waals surface area contributed by atoms with Crippen molar-refractivity contribution in [2.24, 2.45) is 0 Å². The molecule has 0 saturated carbocycles. The minimum absolute atomic E-state index is 0.0541. The lowest BCUT2D eigenvalue weighted by atomic mass is 10.1. The van der Waals surface area contributed by atoms with Crippen LogP contribution in [0.15, 0.2) is 41.6 Å². The third-order valence-corrected chi connectivity index (χ3v) is 8.18. The van der Waals surface area contributed by atoms with Gasteiger partial charge in [0, 0.05) is 38.9 Å². The molecule has 3 aromatic rings. The molecule has 0 radical (unpaired) electrons. The van der Waals surface area contributed by atoms with Gasteiger partial charge in [-0.3, -0.25) is 4.98 Å². The highest BCUT2D eigenvalue weighted by atomic mass is 32.2. The summed E-state index contributed by atoms with van der Waals surface area (Å²) in [5.74, 6) is 0.972. The SMILES string of the molecule is COCCn1c([C@H]2CCN(S(=O)(=O)c3ccc4c(c3)CCC4)C2)nc2ccncc21. The predicted molar refractivity (Wildman–Crippen MR) is 114 cm³/mol. The van der Waals surface area contributed by atoms with Crippen LogP contribution in [-0.2, 0) is 34.1 Å². The maximum absolute atomic E-state index is 13.3. The van der Waals surface area contributed by atoms with E-state index < -0.39 is 10.0 Å². The maximum Gasteiger partial charge on any atom is 0.243 e. The topological polar surface area (TPSA) is 77.3 Å². The molecule has 1 aromatic carbocycles. The largest absolute Gasteiger partial charge is 0.383 e. The minimum Gasteiger partial charge on any atom is -0.383 e. The van der Waals surface area contributed by atoms with Gasteiger partial charge < -0.3 is 9.30 Å².